The molecule has 0 radical (unpaired) electrons. The van der Waals surface area contributed by atoms with Crippen LogP contribution in [0.5, 0.6) is 0 Å². The molecule has 0 N–H and O–H groups in total. The predicted octanol–water partition coefficient (Wildman–Crippen LogP) is 2.04. The highest BCUT2D eigenvalue weighted by molar-refractivity contribution is 5.81. The van der Waals surface area contributed by atoms with E-state index in [2.05, 4.69) is 4.90 Å². The first kappa shape index (κ1) is 9.04. The van der Waals surface area contributed by atoms with E-state index in [1.54, 1.807) is 0 Å². The average molecular weight is 181 g/mol. The van der Waals surface area contributed by atoms with Crippen molar-refractivity contribution >= 4 is 5.91 Å². The Balaban J connectivity index is 1.99. The lowest BCUT2D eigenvalue weighted by molar-refractivity contribution is -0.138. The third-order valence-electron chi connectivity index (χ3n) is 3.32. The molecule has 0 aromatic rings. The van der Waals surface area contributed by atoms with E-state index in [1.165, 1.54) is 19.3 Å². The SMILES string of the molecule is CC(C)(C)C(=O)N1CCC2(CC2)C1. The molecule has 2 aliphatic rings. The summed E-state index contributed by atoms with van der Waals surface area (Å²) in [5.41, 5.74) is 0.376. The zero-order chi connectivity index (χ0) is 9.69. The van der Waals surface area contributed by atoms with Crippen LogP contribution >= 0.6 is 0 Å². The molecule has 1 amide bonds. The fraction of sp³-hybridized carbons (Fsp3) is 0.909. The fourth-order valence-corrected chi connectivity index (χ4v) is 2.17. The van der Waals surface area contributed by atoms with E-state index in [0.717, 1.165) is 13.1 Å². The van der Waals surface area contributed by atoms with E-state index in [0.29, 0.717) is 11.3 Å². The second kappa shape index (κ2) is 2.49. The van der Waals surface area contributed by atoms with Gasteiger partial charge in [0, 0.05) is 18.5 Å². The van der Waals surface area contributed by atoms with Crippen molar-refractivity contribution in [1.29, 1.82) is 0 Å². The van der Waals surface area contributed by atoms with E-state index in [1.807, 2.05) is 20.8 Å². The van der Waals surface area contributed by atoms with Gasteiger partial charge < -0.3 is 4.90 Å². The molecule has 74 valence electrons. The molecule has 0 atom stereocenters. The highest BCUT2D eigenvalue weighted by Crippen LogP contribution is 2.53. The van der Waals surface area contributed by atoms with Crippen molar-refractivity contribution in [2.75, 3.05) is 13.1 Å². The lowest BCUT2D eigenvalue weighted by Crippen LogP contribution is -2.38. The minimum atomic E-state index is -0.194. The molecule has 1 saturated heterocycles. The molecule has 0 unspecified atom stereocenters. The fourth-order valence-electron chi connectivity index (χ4n) is 2.17. The molecule has 1 aliphatic carbocycles. The van der Waals surface area contributed by atoms with Crippen LogP contribution in [-0.4, -0.2) is 23.9 Å². The molecule has 1 spiro atoms. The summed E-state index contributed by atoms with van der Waals surface area (Å²) in [6.07, 6.45) is 3.94. The van der Waals surface area contributed by atoms with Crippen LogP contribution in [0.15, 0.2) is 0 Å². The van der Waals surface area contributed by atoms with Crippen LogP contribution in [0.4, 0.5) is 0 Å². The summed E-state index contributed by atoms with van der Waals surface area (Å²) in [6, 6.07) is 0. The monoisotopic (exact) mass is 181 g/mol. The molecule has 2 nitrogen and oxygen atoms in total. The first-order chi connectivity index (χ1) is 5.93. The summed E-state index contributed by atoms with van der Waals surface area (Å²) in [5.74, 6) is 0.330. The van der Waals surface area contributed by atoms with Crippen molar-refractivity contribution in [3.63, 3.8) is 0 Å². The van der Waals surface area contributed by atoms with Crippen molar-refractivity contribution < 1.29 is 4.79 Å². The Morgan fingerprint density at radius 3 is 2.23 bits per heavy atom. The van der Waals surface area contributed by atoms with Crippen molar-refractivity contribution in [2.45, 2.75) is 40.0 Å². The third-order valence-corrected chi connectivity index (χ3v) is 3.32. The normalized spacial score (nSPS) is 25.3. The van der Waals surface area contributed by atoms with Gasteiger partial charge in [-0.3, -0.25) is 4.79 Å². The molecule has 13 heavy (non-hydrogen) atoms. The highest BCUT2D eigenvalue weighted by Gasteiger charge is 2.49. The second-order valence-electron chi connectivity index (χ2n) is 5.73. The summed E-state index contributed by atoms with van der Waals surface area (Å²) < 4.78 is 0. The van der Waals surface area contributed by atoms with Gasteiger partial charge in [-0.2, -0.15) is 0 Å². The van der Waals surface area contributed by atoms with Crippen molar-refractivity contribution in [3.05, 3.63) is 0 Å². The quantitative estimate of drug-likeness (QED) is 0.560. The molecule has 1 aliphatic heterocycles. The number of rotatable bonds is 0. The largest absolute Gasteiger partial charge is 0.342 e. The van der Waals surface area contributed by atoms with E-state index < -0.39 is 0 Å². The lowest BCUT2D eigenvalue weighted by Gasteiger charge is -2.25. The van der Waals surface area contributed by atoms with E-state index >= 15 is 0 Å². The van der Waals surface area contributed by atoms with E-state index in [-0.39, 0.29) is 5.41 Å². The Hall–Kier alpha value is -0.530. The number of amides is 1. The summed E-state index contributed by atoms with van der Waals surface area (Å²) in [7, 11) is 0. The van der Waals surface area contributed by atoms with Crippen LogP contribution in [0.25, 0.3) is 0 Å². The van der Waals surface area contributed by atoms with E-state index in [9.17, 15) is 4.79 Å². The van der Waals surface area contributed by atoms with Crippen LogP contribution in [0, 0.1) is 10.8 Å². The number of carbonyl (C=O) groups excluding carboxylic acids is 1. The number of carbonyl (C=O) groups is 1. The van der Waals surface area contributed by atoms with Gasteiger partial charge in [0.15, 0.2) is 0 Å². The minimum absolute atomic E-state index is 0.194. The highest BCUT2D eigenvalue weighted by atomic mass is 16.2. The van der Waals surface area contributed by atoms with Crippen molar-refractivity contribution in [3.8, 4) is 0 Å². The van der Waals surface area contributed by atoms with Gasteiger partial charge >= 0.3 is 0 Å². The van der Waals surface area contributed by atoms with Crippen LogP contribution in [-0.2, 0) is 4.79 Å². The van der Waals surface area contributed by atoms with Gasteiger partial charge in [0.05, 0.1) is 0 Å². The maximum atomic E-state index is 11.9. The van der Waals surface area contributed by atoms with Crippen molar-refractivity contribution in [2.24, 2.45) is 10.8 Å². The number of likely N-dealkylation sites (tertiary alicyclic amines) is 1. The van der Waals surface area contributed by atoms with Crippen LogP contribution < -0.4 is 0 Å². The van der Waals surface area contributed by atoms with Gasteiger partial charge in [-0.25, -0.2) is 0 Å². The maximum Gasteiger partial charge on any atom is 0.227 e. The number of nitrogens with zero attached hydrogens (tertiary/aromatic N) is 1. The molecule has 0 bridgehead atoms. The average Bonchev–Trinajstić information content (AvgIpc) is 2.59. The van der Waals surface area contributed by atoms with Crippen LogP contribution in [0.1, 0.15) is 40.0 Å². The van der Waals surface area contributed by atoms with Gasteiger partial charge in [-0.1, -0.05) is 20.8 Å². The van der Waals surface area contributed by atoms with Gasteiger partial charge in [0.2, 0.25) is 5.91 Å². The number of hydrogen-bond donors (Lipinski definition) is 0. The standard InChI is InChI=1S/C11H19NO/c1-10(2,3)9(13)12-7-6-11(8-12)4-5-11/h4-8H2,1-3H3. The minimum Gasteiger partial charge on any atom is -0.342 e. The Bertz CT molecular complexity index is 235. The van der Waals surface area contributed by atoms with Crippen molar-refractivity contribution in [1.82, 2.24) is 4.90 Å². The predicted molar refractivity (Wildman–Crippen MR) is 52.3 cm³/mol. The second-order valence-corrected chi connectivity index (χ2v) is 5.73. The van der Waals surface area contributed by atoms with Gasteiger partial charge in [0.1, 0.15) is 0 Å². The summed E-state index contributed by atoms with van der Waals surface area (Å²) in [5, 5.41) is 0. The molecule has 0 aromatic heterocycles. The molecule has 2 rings (SSSR count). The Morgan fingerprint density at radius 1 is 1.23 bits per heavy atom. The molecule has 1 heterocycles. The Morgan fingerprint density at radius 2 is 1.85 bits per heavy atom. The Kier molecular flexibility index (Phi) is 1.73. The molecular weight excluding hydrogens is 162 g/mol. The first-order valence-electron chi connectivity index (χ1n) is 5.22. The summed E-state index contributed by atoms with van der Waals surface area (Å²) in [6.45, 7) is 8.05. The van der Waals surface area contributed by atoms with Gasteiger partial charge in [-0.15, -0.1) is 0 Å². The maximum absolute atomic E-state index is 11.9. The smallest absolute Gasteiger partial charge is 0.227 e. The lowest BCUT2D eigenvalue weighted by atomic mass is 9.95. The summed E-state index contributed by atoms with van der Waals surface area (Å²) >= 11 is 0. The topological polar surface area (TPSA) is 20.3 Å². The molecular formula is C11H19NO. The molecule has 0 aromatic carbocycles. The van der Waals surface area contributed by atoms with Crippen LogP contribution in [0.2, 0.25) is 0 Å². The molecule has 2 fully saturated rings. The number of hydrogen-bond acceptors (Lipinski definition) is 1. The van der Waals surface area contributed by atoms with E-state index in [4.69, 9.17) is 0 Å². The molecule has 1 saturated carbocycles. The Labute approximate surface area is 80.3 Å². The third kappa shape index (κ3) is 1.59. The van der Waals surface area contributed by atoms with Crippen LogP contribution in [0.3, 0.4) is 0 Å². The zero-order valence-electron chi connectivity index (χ0n) is 8.89. The molecule has 2 heteroatoms. The van der Waals surface area contributed by atoms with Gasteiger partial charge in [-0.05, 0) is 24.7 Å². The van der Waals surface area contributed by atoms with Gasteiger partial charge in [0.25, 0.3) is 0 Å². The zero-order valence-corrected chi connectivity index (χ0v) is 8.89. The summed E-state index contributed by atoms with van der Waals surface area (Å²) in [4.78, 5) is 14.0. The first-order valence-corrected chi connectivity index (χ1v) is 5.22.